The molecule has 0 spiro atoms. The second-order valence-electron chi connectivity index (χ2n) is 4.01. The average Bonchev–Trinajstić information content (AvgIpc) is 2.93. The molecule has 20 heavy (non-hydrogen) atoms. The topological polar surface area (TPSA) is 125 Å². The molecule has 0 aliphatic heterocycles. The Morgan fingerprint density at radius 3 is 2.70 bits per heavy atom. The van der Waals surface area contributed by atoms with E-state index in [-0.39, 0.29) is 16.3 Å². The van der Waals surface area contributed by atoms with Gasteiger partial charge in [-0.3, -0.25) is 5.10 Å². The van der Waals surface area contributed by atoms with Crippen LogP contribution < -0.4 is 4.72 Å². The van der Waals surface area contributed by atoms with Gasteiger partial charge in [-0.05, 0) is 13.8 Å². The van der Waals surface area contributed by atoms with E-state index in [9.17, 15) is 13.2 Å². The Hall–Kier alpha value is -1.78. The third kappa shape index (κ3) is 2.86. The Morgan fingerprint density at radius 1 is 1.50 bits per heavy atom. The predicted octanol–water partition coefficient (Wildman–Crippen LogP) is 0.660. The lowest BCUT2D eigenvalue weighted by atomic mass is 10.4. The minimum atomic E-state index is -3.69. The molecule has 2 aromatic rings. The number of rotatable bonds is 5. The fourth-order valence-electron chi connectivity index (χ4n) is 1.57. The van der Waals surface area contributed by atoms with E-state index >= 15 is 0 Å². The predicted molar refractivity (Wildman–Crippen MR) is 71.2 cm³/mol. The maximum absolute atomic E-state index is 12.0. The van der Waals surface area contributed by atoms with E-state index in [4.69, 9.17) is 5.11 Å². The molecule has 0 saturated heterocycles. The van der Waals surface area contributed by atoms with Crippen LogP contribution >= 0.6 is 11.3 Å². The summed E-state index contributed by atoms with van der Waals surface area (Å²) in [6.07, 6.45) is 1.22. The number of carboxylic acid groups (broad SMARTS) is 1. The molecule has 2 aromatic heterocycles. The molecule has 0 saturated carbocycles. The summed E-state index contributed by atoms with van der Waals surface area (Å²) in [5.74, 6) is -1.07. The first kappa shape index (κ1) is 14.6. The van der Waals surface area contributed by atoms with Crippen molar-refractivity contribution in [2.45, 2.75) is 25.3 Å². The van der Waals surface area contributed by atoms with Crippen LogP contribution in [0.3, 0.4) is 0 Å². The summed E-state index contributed by atoms with van der Waals surface area (Å²) < 4.78 is 26.4. The second-order valence-corrected chi connectivity index (χ2v) is 6.83. The Kier molecular flexibility index (Phi) is 3.88. The Balaban J connectivity index is 2.15. The number of aryl methyl sites for hydroxylation is 2. The van der Waals surface area contributed by atoms with Crippen LogP contribution in [0.2, 0.25) is 0 Å². The van der Waals surface area contributed by atoms with Gasteiger partial charge in [-0.25, -0.2) is 22.9 Å². The maximum atomic E-state index is 12.0. The van der Waals surface area contributed by atoms with E-state index in [1.807, 2.05) is 0 Å². The molecular weight excluding hydrogens is 304 g/mol. The van der Waals surface area contributed by atoms with Crippen LogP contribution in [0.1, 0.15) is 26.1 Å². The van der Waals surface area contributed by atoms with E-state index in [0.717, 1.165) is 11.3 Å². The standard InChI is InChI=1S/C10H12N4O4S2/c1-5-7(3-11-14-5)20(17,18)12-4-8-13-6(2)9(19-8)10(15)16/h3,12H,4H2,1-2H3,(H,11,14)(H,15,16). The van der Waals surface area contributed by atoms with Crippen LogP contribution in [0.5, 0.6) is 0 Å². The largest absolute Gasteiger partial charge is 0.477 e. The number of H-pyrrole nitrogens is 1. The smallest absolute Gasteiger partial charge is 0.347 e. The first-order chi connectivity index (χ1) is 9.31. The van der Waals surface area contributed by atoms with E-state index in [2.05, 4.69) is 19.9 Å². The van der Waals surface area contributed by atoms with Crippen molar-refractivity contribution in [2.75, 3.05) is 0 Å². The molecule has 0 fully saturated rings. The third-order valence-electron chi connectivity index (χ3n) is 2.52. The van der Waals surface area contributed by atoms with E-state index < -0.39 is 16.0 Å². The minimum Gasteiger partial charge on any atom is -0.477 e. The molecule has 0 bridgehead atoms. The van der Waals surface area contributed by atoms with Gasteiger partial charge in [0.25, 0.3) is 0 Å². The van der Waals surface area contributed by atoms with Gasteiger partial charge in [0.2, 0.25) is 10.0 Å². The van der Waals surface area contributed by atoms with Crippen molar-refractivity contribution in [2.24, 2.45) is 0 Å². The van der Waals surface area contributed by atoms with Crippen molar-refractivity contribution in [3.63, 3.8) is 0 Å². The van der Waals surface area contributed by atoms with Gasteiger partial charge in [0, 0.05) is 0 Å². The highest BCUT2D eigenvalue weighted by Gasteiger charge is 2.20. The summed E-state index contributed by atoms with van der Waals surface area (Å²) in [6, 6.07) is 0. The van der Waals surface area contributed by atoms with Crippen LogP contribution in [0.25, 0.3) is 0 Å². The number of aromatic nitrogens is 3. The van der Waals surface area contributed by atoms with Gasteiger partial charge in [-0.2, -0.15) is 5.10 Å². The summed E-state index contributed by atoms with van der Waals surface area (Å²) in [5, 5.41) is 15.5. The highest BCUT2D eigenvalue weighted by atomic mass is 32.2. The number of nitrogens with one attached hydrogen (secondary N) is 2. The number of hydrogen-bond acceptors (Lipinski definition) is 6. The lowest BCUT2D eigenvalue weighted by Crippen LogP contribution is -2.23. The van der Waals surface area contributed by atoms with Crippen LogP contribution in [0, 0.1) is 13.8 Å². The fraction of sp³-hybridized carbons (Fsp3) is 0.300. The van der Waals surface area contributed by atoms with Gasteiger partial charge in [-0.1, -0.05) is 0 Å². The number of aromatic amines is 1. The molecule has 0 aromatic carbocycles. The summed E-state index contributed by atoms with van der Waals surface area (Å²) in [4.78, 5) is 15.1. The second kappa shape index (κ2) is 5.31. The van der Waals surface area contributed by atoms with Gasteiger partial charge in [0.1, 0.15) is 14.8 Å². The summed E-state index contributed by atoms with van der Waals surface area (Å²) in [6.45, 7) is 3.10. The number of thiazole rings is 1. The summed E-state index contributed by atoms with van der Waals surface area (Å²) in [7, 11) is -3.69. The Morgan fingerprint density at radius 2 is 2.20 bits per heavy atom. The van der Waals surface area contributed by atoms with Gasteiger partial charge >= 0.3 is 5.97 Å². The summed E-state index contributed by atoms with van der Waals surface area (Å²) in [5.41, 5.74) is 0.801. The molecule has 2 rings (SSSR count). The van der Waals surface area contributed by atoms with E-state index in [1.54, 1.807) is 13.8 Å². The molecule has 3 N–H and O–H groups in total. The van der Waals surface area contributed by atoms with Gasteiger partial charge in [0.05, 0.1) is 24.1 Å². The van der Waals surface area contributed by atoms with Gasteiger partial charge in [0.15, 0.2) is 0 Å². The molecule has 0 radical (unpaired) electrons. The number of carboxylic acids is 1. The zero-order valence-corrected chi connectivity index (χ0v) is 12.3. The van der Waals surface area contributed by atoms with Crippen LogP contribution in [-0.4, -0.2) is 34.7 Å². The van der Waals surface area contributed by atoms with Crippen molar-refractivity contribution in [3.05, 3.63) is 27.5 Å². The van der Waals surface area contributed by atoms with Crippen LogP contribution in [-0.2, 0) is 16.6 Å². The minimum absolute atomic E-state index is 0.0595. The van der Waals surface area contributed by atoms with E-state index in [0.29, 0.717) is 16.4 Å². The molecule has 0 amide bonds. The normalized spacial score (nSPS) is 11.7. The summed E-state index contributed by atoms with van der Waals surface area (Å²) >= 11 is 0.949. The first-order valence-electron chi connectivity index (χ1n) is 5.50. The van der Waals surface area contributed by atoms with Crippen molar-refractivity contribution in [1.29, 1.82) is 0 Å². The van der Waals surface area contributed by atoms with Gasteiger partial charge in [-0.15, -0.1) is 11.3 Å². The lowest BCUT2D eigenvalue weighted by Gasteiger charge is -2.03. The SMILES string of the molecule is Cc1nc(CNS(=O)(=O)c2cn[nH]c2C)sc1C(=O)O. The monoisotopic (exact) mass is 316 g/mol. The molecule has 8 nitrogen and oxygen atoms in total. The van der Waals surface area contributed by atoms with Gasteiger partial charge < -0.3 is 5.11 Å². The van der Waals surface area contributed by atoms with Crippen molar-refractivity contribution in [1.82, 2.24) is 19.9 Å². The zero-order chi connectivity index (χ0) is 14.9. The number of nitrogens with zero attached hydrogens (tertiary/aromatic N) is 2. The Labute approximate surface area is 118 Å². The quantitative estimate of drug-likeness (QED) is 0.744. The van der Waals surface area contributed by atoms with Crippen LogP contribution in [0.4, 0.5) is 0 Å². The third-order valence-corrected chi connectivity index (χ3v) is 5.18. The first-order valence-corrected chi connectivity index (χ1v) is 7.80. The zero-order valence-electron chi connectivity index (χ0n) is 10.7. The Bertz CT molecular complexity index is 747. The number of carbonyl (C=O) groups is 1. The average molecular weight is 316 g/mol. The highest BCUT2D eigenvalue weighted by molar-refractivity contribution is 7.89. The molecule has 0 unspecified atom stereocenters. The molecule has 0 aliphatic rings. The highest BCUT2D eigenvalue weighted by Crippen LogP contribution is 2.19. The van der Waals surface area contributed by atoms with Crippen LogP contribution in [0.15, 0.2) is 11.1 Å². The number of hydrogen-bond donors (Lipinski definition) is 3. The molecule has 0 atom stereocenters. The van der Waals surface area contributed by atoms with Crippen molar-refractivity contribution in [3.8, 4) is 0 Å². The molecule has 0 aliphatic carbocycles. The lowest BCUT2D eigenvalue weighted by molar-refractivity contribution is 0.0701. The molecular formula is C10H12N4O4S2. The molecule has 108 valence electrons. The number of sulfonamides is 1. The number of aromatic carboxylic acids is 1. The van der Waals surface area contributed by atoms with E-state index in [1.165, 1.54) is 6.20 Å². The maximum Gasteiger partial charge on any atom is 0.347 e. The van der Waals surface area contributed by atoms with Crippen molar-refractivity contribution < 1.29 is 18.3 Å². The fourth-order valence-corrected chi connectivity index (χ4v) is 3.63. The van der Waals surface area contributed by atoms with Crippen molar-refractivity contribution >= 4 is 27.3 Å². The molecule has 10 heteroatoms. The molecule has 2 heterocycles.